The molecule has 0 aliphatic rings. The first-order chi connectivity index (χ1) is 13.3. The highest BCUT2D eigenvalue weighted by Crippen LogP contribution is 2.30. The number of halogens is 2. The van der Waals surface area contributed by atoms with Gasteiger partial charge < -0.3 is 5.32 Å². The zero-order valence-electron chi connectivity index (χ0n) is 14.7. The molecule has 3 aromatic carbocycles. The van der Waals surface area contributed by atoms with Gasteiger partial charge in [-0.3, -0.25) is 9.52 Å². The fourth-order valence-electron chi connectivity index (χ4n) is 2.42. The van der Waals surface area contributed by atoms with E-state index >= 15 is 0 Å². The van der Waals surface area contributed by atoms with Crippen LogP contribution in [-0.2, 0) is 10.0 Å². The molecule has 5 nitrogen and oxygen atoms in total. The first-order valence-electron chi connectivity index (χ1n) is 8.21. The predicted octanol–water partition coefficient (Wildman–Crippen LogP) is 5.35. The third-order valence-electron chi connectivity index (χ3n) is 3.93. The van der Waals surface area contributed by atoms with Gasteiger partial charge >= 0.3 is 0 Å². The monoisotopic (exact) mass is 434 g/mol. The number of sulfonamides is 1. The Morgan fingerprint density at radius 2 is 1.54 bits per heavy atom. The van der Waals surface area contributed by atoms with E-state index < -0.39 is 15.9 Å². The molecule has 0 aliphatic carbocycles. The molecule has 0 fully saturated rings. The molecule has 1 amide bonds. The van der Waals surface area contributed by atoms with Crippen LogP contribution in [-0.4, -0.2) is 14.3 Å². The number of nitrogens with one attached hydrogen (secondary N) is 2. The Morgan fingerprint density at radius 3 is 2.18 bits per heavy atom. The fourth-order valence-corrected chi connectivity index (χ4v) is 3.82. The quantitative estimate of drug-likeness (QED) is 0.567. The van der Waals surface area contributed by atoms with Crippen LogP contribution in [0.2, 0.25) is 10.0 Å². The largest absolute Gasteiger partial charge is 0.321 e. The van der Waals surface area contributed by atoms with Crippen LogP contribution in [0.3, 0.4) is 0 Å². The van der Waals surface area contributed by atoms with Gasteiger partial charge in [0.1, 0.15) is 0 Å². The maximum atomic E-state index is 12.4. The highest BCUT2D eigenvalue weighted by Gasteiger charge is 2.15. The molecule has 0 unspecified atom stereocenters. The van der Waals surface area contributed by atoms with E-state index in [9.17, 15) is 13.2 Å². The average molecular weight is 435 g/mol. The molecule has 2 N–H and O–H groups in total. The van der Waals surface area contributed by atoms with Crippen molar-refractivity contribution in [1.82, 2.24) is 0 Å². The number of aryl methyl sites for hydroxylation is 1. The van der Waals surface area contributed by atoms with Crippen molar-refractivity contribution in [2.75, 3.05) is 10.0 Å². The summed E-state index contributed by atoms with van der Waals surface area (Å²) >= 11 is 12.0. The lowest BCUT2D eigenvalue weighted by Crippen LogP contribution is -2.14. The summed E-state index contributed by atoms with van der Waals surface area (Å²) in [5, 5.41) is 3.26. The lowest BCUT2D eigenvalue weighted by Gasteiger charge is -2.10. The summed E-state index contributed by atoms with van der Waals surface area (Å²) in [5.74, 6) is -0.392. The van der Waals surface area contributed by atoms with Crippen LogP contribution in [0.1, 0.15) is 15.9 Å². The van der Waals surface area contributed by atoms with Gasteiger partial charge in [-0.25, -0.2) is 8.42 Å². The average Bonchev–Trinajstić information content (AvgIpc) is 2.66. The molecule has 0 atom stereocenters. The number of carbonyl (C=O) groups excluding carboxylic acids is 1. The minimum Gasteiger partial charge on any atom is -0.321 e. The molecule has 0 saturated heterocycles. The van der Waals surface area contributed by atoms with Gasteiger partial charge in [0.05, 0.1) is 20.6 Å². The van der Waals surface area contributed by atoms with E-state index in [1.54, 1.807) is 30.3 Å². The van der Waals surface area contributed by atoms with Crippen molar-refractivity contribution in [2.24, 2.45) is 0 Å². The van der Waals surface area contributed by atoms with Gasteiger partial charge in [-0.2, -0.15) is 0 Å². The Morgan fingerprint density at radius 1 is 0.893 bits per heavy atom. The maximum Gasteiger partial charge on any atom is 0.261 e. The fraction of sp³-hybridized carbons (Fsp3) is 0.0500. The normalized spacial score (nSPS) is 11.1. The zero-order valence-corrected chi connectivity index (χ0v) is 17.1. The molecule has 0 heterocycles. The minimum atomic E-state index is -3.70. The lowest BCUT2D eigenvalue weighted by atomic mass is 10.2. The molecule has 0 spiro atoms. The van der Waals surface area contributed by atoms with Crippen LogP contribution in [0.25, 0.3) is 0 Å². The molecule has 144 valence electrons. The van der Waals surface area contributed by atoms with Crippen LogP contribution in [0.15, 0.2) is 71.6 Å². The Hall–Kier alpha value is -2.54. The van der Waals surface area contributed by atoms with Crippen molar-refractivity contribution in [2.45, 2.75) is 11.8 Å². The van der Waals surface area contributed by atoms with Gasteiger partial charge in [-0.15, -0.1) is 0 Å². The van der Waals surface area contributed by atoms with Crippen LogP contribution in [0, 0.1) is 6.92 Å². The van der Waals surface area contributed by atoms with E-state index in [-0.39, 0.29) is 9.92 Å². The van der Waals surface area contributed by atoms with Gasteiger partial charge in [0.15, 0.2) is 0 Å². The third kappa shape index (κ3) is 4.65. The number of rotatable bonds is 5. The van der Waals surface area contributed by atoms with Gasteiger partial charge in [0.25, 0.3) is 15.9 Å². The maximum absolute atomic E-state index is 12.4. The second-order valence-corrected chi connectivity index (χ2v) is 8.52. The van der Waals surface area contributed by atoms with E-state index in [1.807, 2.05) is 6.92 Å². The molecule has 8 heteroatoms. The number of hydrogen-bond acceptors (Lipinski definition) is 3. The van der Waals surface area contributed by atoms with E-state index in [1.165, 1.54) is 36.4 Å². The third-order valence-corrected chi connectivity index (χ3v) is 6.15. The number of anilines is 2. The molecule has 0 bridgehead atoms. The van der Waals surface area contributed by atoms with E-state index in [0.717, 1.165) is 5.56 Å². The molecular weight excluding hydrogens is 419 g/mol. The van der Waals surface area contributed by atoms with Crippen LogP contribution >= 0.6 is 23.2 Å². The summed E-state index contributed by atoms with van der Waals surface area (Å²) in [7, 11) is -3.70. The van der Waals surface area contributed by atoms with E-state index in [4.69, 9.17) is 23.2 Å². The Kier molecular flexibility index (Phi) is 5.93. The van der Waals surface area contributed by atoms with Gasteiger partial charge in [0, 0.05) is 11.3 Å². The van der Waals surface area contributed by atoms with Gasteiger partial charge in [-0.1, -0.05) is 47.0 Å². The molecule has 3 rings (SSSR count). The Balaban J connectivity index is 1.73. The topological polar surface area (TPSA) is 75.3 Å². The molecule has 0 aliphatic heterocycles. The molecule has 3 aromatic rings. The first-order valence-corrected chi connectivity index (χ1v) is 10.4. The number of carbonyl (C=O) groups is 1. The first kappa shape index (κ1) is 20.2. The smallest absolute Gasteiger partial charge is 0.261 e. The number of hydrogen-bond donors (Lipinski definition) is 2. The van der Waals surface area contributed by atoms with Crippen LogP contribution < -0.4 is 10.0 Å². The molecule has 28 heavy (non-hydrogen) atoms. The summed E-state index contributed by atoms with van der Waals surface area (Å²) in [6, 6.07) is 17.5. The molecule has 0 saturated carbocycles. The summed E-state index contributed by atoms with van der Waals surface area (Å²) in [5.41, 5.74) is 2.05. The zero-order chi connectivity index (χ0) is 20.3. The second kappa shape index (κ2) is 8.22. The molecule has 0 aromatic heterocycles. The molecular formula is C20H16Cl2N2O3S. The van der Waals surface area contributed by atoms with Crippen molar-refractivity contribution < 1.29 is 13.2 Å². The van der Waals surface area contributed by atoms with Gasteiger partial charge in [0.2, 0.25) is 0 Å². The highest BCUT2D eigenvalue weighted by atomic mass is 35.5. The summed E-state index contributed by atoms with van der Waals surface area (Å²) in [6.45, 7) is 1.88. The summed E-state index contributed by atoms with van der Waals surface area (Å²) < 4.78 is 27.3. The standard InChI is InChI=1S/C20H16Cl2N2O3S/c1-13-5-11-16(12-6-13)28(26,27)24-15-9-7-14(8-10-15)20(25)23-18-4-2-3-17(21)19(18)22/h2-12,24H,1H3,(H,23,25). The van der Waals surface area contributed by atoms with Crippen molar-refractivity contribution in [3.05, 3.63) is 87.9 Å². The van der Waals surface area contributed by atoms with Crippen LogP contribution in [0.4, 0.5) is 11.4 Å². The highest BCUT2D eigenvalue weighted by molar-refractivity contribution is 7.92. The minimum absolute atomic E-state index is 0.163. The van der Waals surface area contributed by atoms with Crippen molar-refractivity contribution in [3.8, 4) is 0 Å². The van der Waals surface area contributed by atoms with E-state index in [2.05, 4.69) is 10.0 Å². The van der Waals surface area contributed by atoms with Crippen molar-refractivity contribution in [3.63, 3.8) is 0 Å². The SMILES string of the molecule is Cc1ccc(S(=O)(=O)Nc2ccc(C(=O)Nc3cccc(Cl)c3Cl)cc2)cc1. The van der Waals surface area contributed by atoms with Gasteiger partial charge in [-0.05, 0) is 55.5 Å². The number of amides is 1. The molecule has 0 radical (unpaired) electrons. The predicted molar refractivity (Wildman–Crippen MR) is 113 cm³/mol. The second-order valence-electron chi connectivity index (χ2n) is 6.05. The summed E-state index contributed by atoms with van der Waals surface area (Å²) in [4.78, 5) is 12.5. The Labute approximate surface area is 173 Å². The van der Waals surface area contributed by atoms with Crippen molar-refractivity contribution >= 4 is 50.5 Å². The summed E-state index contributed by atoms with van der Waals surface area (Å²) in [6.07, 6.45) is 0. The Bertz CT molecular complexity index is 1110. The lowest BCUT2D eigenvalue weighted by molar-refractivity contribution is 0.102. The van der Waals surface area contributed by atoms with Crippen molar-refractivity contribution in [1.29, 1.82) is 0 Å². The van der Waals surface area contributed by atoms with Crippen LogP contribution in [0.5, 0.6) is 0 Å². The number of benzene rings is 3. The van der Waals surface area contributed by atoms with E-state index in [0.29, 0.717) is 22.0 Å².